The van der Waals surface area contributed by atoms with Crippen LogP contribution >= 0.6 is 0 Å². The normalized spacial score (nSPS) is 11.1. The van der Waals surface area contributed by atoms with Crippen LogP contribution in [0.25, 0.3) is 10.9 Å². The SMILES string of the molecule is N#Cc1ccc(NCc2ncc[nH]2)c(NS(=O)(=O)c2cccc3cccnc23)c1. The van der Waals surface area contributed by atoms with Gasteiger partial charge in [-0.3, -0.25) is 9.71 Å². The maximum atomic E-state index is 13.1. The van der Waals surface area contributed by atoms with Gasteiger partial charge in [0.15, 0.2) is 0 Å². The van der Waals surface area contributed by atoms with Crippen molar-refractivity contribution in [3.63, 3.8) is 0 Å². The molecule has 0 aliphatic heterocycles. The van der Waals surface area contributed by atoms with Crippen molar-refractivity contribution in [2.24, 2.45) is 0 Å². The van der Waals surface area contributed by atoms with E-state index >= 15 is 0 Å². The number of nitriles is 1. The minimum Gasteiger partial charge on any atom is -0.376 e. The Morgan fingerprint density at radius 3 is 2.69 bits per heavy atom. The molecule has 4 rings (SSSR count). The lowest BCUT2D eigenvalue weighted by Gasteiger charge is -2.15. The molecule has 2 aromatic heterocycles. The van der Waals surface area contributed by atoms with Crippen molar-refractivity contribution < 1.29 is 8.42 Å². The molecule has 0 radical (unpaired) electrons. The number of rotatable bonds is 6. The number of aromatic amines is 1. The number of H-pyrrole nitrogens is 1. The highest BCUT2D eigenvalue weighted by molar-refractivity contribution is 7.93. The topological polar surface area (TPSA) is 124 Å². The Balaban J connectivity index is 1.71. The number of benzene rings is 2. The summed E-state index contributed by atoms with van der Waals surface area (Å²) >= 11 is 0. The summed E-state index contributed by atoms with van der Waals surface area (Å²) in [7, 11) is -3.94. The van der Waals surface area contributed by atoms with E-state index in [2.05, 4.69) is 25.0 Å². The van der Waals surface area contributed by atoms with Crippen LogP contribution < -0.4 is 10.0 Å². The number of nitrogens with zero attached hydrogens (tertiary/aromatic N) is 3. The first kappa shape index (κ1) is 18.5. The molecule has 0 atom stereocenters. The number of imidazole rings is 1. The molecule has 0 saturated heterocycles. The fraction of sp³-hybridized carbons (Fsp3) is 0.0500. The molecule has 3 N–H and O–H groups in total. The van der Waals surface area contributed by atoms with Gasteiger partial charge in [-0.05, 0) is 30.3 Å². The molecular formula is C20H16N6O2S. The van der Waals surface area contributed by atoms with Gasteiger partial charge in [0.1, 0.15) is 10.7 Å². The molecule has 0 bridgehead atoms. The number of nitrogens with one attached hydrogen (secondary N) is 3. The van der Waals surface area contributed by atoms with Crippen LogP contribution in [0.2, 0.25) is 0 Å². The first-order valence-corrected chi connectivity index (χ1v) is 10.2. The highest BCUT2D eigenvalue weighted by Gasteiger charge is 2.20. The molecule has 0 fully saturated rings. The van der Waals surface area contributed by atoms with E-state index in [9.17, 15) is 13.7 Å². The number of hydrogen-bond donors (Lipinski definition) is 3. The van der Waals surface area contributed by atoms with E-state index in [0.29, 0.717) is 29.1 Å². The molecule has 2 heterocycles. The third-order valence-electron chi connectivity index (χ3n) is 4.28. The summed E-state index contributed by atoms with van der Waals surface area (Å²) in [4.78, 5) is 11.4. The van der Waals surface area contributed by atoms with Crippen LogP contribution in [0.3, 0.4) is 0 Å². The second-order valence-electron chi connectivity index (χ2n) is 6.20. The number of hydrogen-bond acceptors (Lipinski definition) is 6. The second-order valence-corrected chi connectivity index (χ2v) is 7.85. The van der Waals surface area contributed by atoms with Gasteiger partial charge in [0.05, 0.1) is 35.1 Å². The van der Waals surface area contributed by atoms with E-state index in [0.717, 1.165) is 5.39 Å². The third-order valence-corrected chi connectivity index (χ3v) is 5.68. The highest BCUT2D eigenvalue weighted by Crippen LogP contribution is 2.28. The summed E-state index contributed by atoms with van der Waals surface area (Å²) < 4.78 is 28.8. The Hall–Kier alpha value is -3.90. The Labute approximate surface area is 167 Å². The Bertz CT molecular complexity index is 1310. The molecule has 2 aromatic carbocycles. The quantitative estimate of drug-likeness (QED) is 0.453. The van der Waals surface area contributed by atoms with E-state index in [1.165, 1.54) is 12.1 Å². The van der Waals surface area contributed by atoms with E-state index in [1.807, 2.05) is 6.07 Å². The number of para-hydroxylation sites is 1. The molecule has 144 valence electrons. The van der Waals surface area contributed by atoms with Crippen LogP contribution in [0, 0.1) is 11.3 Å². The fourth-order valence-electron chi connectivity index (χ4n) is 2.92. The molecule has 4 aromatic rings. The van der Waals surface area contributed by atoms with E-state index < -0.39 is 10.0 Å². The van der Waals surface area contributed by atoms with Crippen LogP contribution in [-0.2, 0) is 16.6 Å². The van der Waals surface area contributed by atoms with Gasteiger partial charge in [-0.2, -0.15) is 5.26 Å². The van der Waals surface area contributed by atoms with Crippen molar-refractivity contribution >= 4 is 32.3 Å². The molecular weight excluding hydrogens is 388 g/mol. The predicted octanol–water partition coefficient (Wildman–Crippen LogP) is 3.24. The first-order valence-electron chi connectivity index (χ1n) is 8.70. The molecule has 0 unspecified atom stereocenters. The summed E-state index contributed by atoms with van der Waals surface area (Å²) in [5, 5.41) is 13.1. The maximum absolute atomic E-state index is 13.1. The number of sulfonamides is 1. The largest absolute Gasteiger partial charge is 0.376 e. The van der Waals surface area contributed by atoms with Crippen LogP contribution in [0.15, 0.2) is 72.0 Å². The van der Waals surface area contributed by atoms with Gasteiger partial charge in [-0.1, -0.05) is 18.2 Å². The average molecular weight is 404 g/mol. The van der Waals surface area contributed by atoms with Gasteiger partial charge in [0.25, 0.3) is 10.0 Å². The minimum absolute atomic E-state index is 0.0648. The molecule has 8 nitrogen and oxygen atoms in total. The zero-order valence-electron chi connectivity index (χ0n) is 15.1. The summed E-state index contributed by atoms with van der Waals surface area (Å²) in [6.07, 6.45) is 4.88. The van der Waals surface area contributed by atoms with Crippen molar-refractivity contribution in [1.82, 2.24) is 15.0 Å². The van der Waals surface area contributed by atoms with Gasteiger partial charge < -0.3 is 10.3 Å². The van der Waals surface area contributed by atoms with Crippen molar-refractivity contribution in [3.8, 4) is 6.07 Å². The summed E-state index contributed by atoms with van der Waals surface area (Å²) in [5.41, 5.74) is 1.51. The van der Waals surface area contributed by atoms with Crippen LogP contribution in [0.5, 0.6) is 0 Å². The molecule has 0 aliphatic carbocycles. The minimum atomic E-state index is -3.94. The van der Waals surface area contributed by atoms with Gasteiger partial charge in [-0.25, -0.2) is 13.4 Å². The van der Waals surface area contributed by atoms with E-state index in [-0.39, 0.29) is 10.6 Å². The molecule has 0 amide bonds. The van der Waals surface area contributed by atoms with E-state index in [4.69, 9.17) is 0 Å². The van der Waals surface area contributed by atoms with Gasteiger partial charge in [0, 0.05) is 24.0 Å². The van der Waals surface area contributed by atoms with Gasteiger partial charge in [-0.15, -0.1) is 0 Å². The Morgan fingerprint density at radius 2 is 1.90 bits per heavy atom. The predicted molar refractivity (Wildman–Crippen MR) is 110 cm³/mol. The number of anilines is 2. The molecule has 0 saturated carbocycles. The fourth-order valence-corrected chi connectivity index (χ4v) is 4.17. The second kappa shape index (κ2) is 7.61. The lowest BCUT2D eigenvalue weighted by Crippen LogP contribution is -2.15. The highest BCUT2D eigenvalue weighted by atomic mass is 32.2. The Kier molecular flexibility index (Phi) is 4.85. The van der Waals surface area contributed by atoms with Crippen LogP contribution in [0.1, 0.15) is 11.4 Å². The lowest BCUT2D eigenvalue weighted by atomic mass is 10.2. The average Bonchev–Trinajstić information content (AvgIpc) is 3.25. The summed E-state index contributed by atoms with van der Waals surface area (Å²) in [5.74, 6) is 0.696. The third kappa shape index (κ3) is 3.88. The summed E-state index contributed by atoms with van der Waals surface area (Å²) in [6.45, 7) is 0.365. The zero-order valence-corrected chi connectivity index (χ0v) is 15.9. The van der Waals surface area contributed by atoms with Crippen LogP contribution in [0.4, 0.5) is 11.4 Å². The molecule has 0 aliphatic rings. The smallest absolute Gasteiger partial charge is 0.264 e. The Morgan fingerprint density at radius 1 is 1.03 bits per heavy atom. The van der Waals surface area contributed by atoms with Crippen molar-refractivity contribution in [3.05, 3.63) is 78.5 Å². The monoisotopic (exact) mass is 404 g/mol. The summed E-state index contributed by atoms with van der Waals surface area (Å²) in [6, 6.07) is 15.3. The molecule has 29 heavy (non-hydrogen) atoms. The molecule has 0 spiro atoms. The van der Waals surface area contributed by atoms with Crippen molar-refractivity contribution in [2.45, 2.75) is 11.4 Å². The molecule has 9 heteroatoms. The van der Waals surface area contributed by atoms with Crippen molar-refractivity contribution in [2.75, 3.05) is 10.0 Å². The lowest BCUT2D eigenvalue weighted by molar-refractivity contribution is 0.602. The number of fused-ring (bicyclic) bond motifs is 1. The van der Waals surface area contributed by atoms with Gasteiger partial charge in [0.2, 0.25) is 0 Å². The number of aromatic nitrogens is 3. The maximum Gasteiger partial charge on any atom is 0.264 e. The first-order chi connectivity index (χ1) is 14.1. The standard InChI is InChI=1S/C20H16N6O2S/c21-12-14-6-7-16(25-13-19-22-9-10-23-19)17(11-14)26-29(27,28)18-5-1-3-15-4-2-8-24-20(15)18/h1-11,25-26H,13H2,(H,22,23). The number of pyridine rings is 1. The van der Waals surface area contributed by atoms with Crippen LogP contribution in [-0.4, -0.2) is 23.4 Å². The van der Waals surface area contributed by atoms with Crippen molar-refractivity contribution in [1.29, 1.82) is 5.26 Å². The van der Waals surface area contributed by atoms with Gasteiger partial charge >= 0.3 is 0 Å². The zero-order chi connectivity index (χ0) is 20.3. The van der Waals surface area contributed by atoms with E-state index in [1.54, 1.807) is 55.0 Å².